The molecule has 1 fully saturated rings. The number of hydrogen-bond acceptors (Lipinski definition) is 5. The molecule has 2 aliphatic rings. The molecular formula is C20H23FN4O2. The Morgan fingerprint density at radius 3 is 3.11 bits per heavy atom. The molecule has 0 spiro atoms. The van der Waals surface area contributed by atoms with Gasteiger partial charge in [-0.15, -0.1) is 0 Å². The van der Waals surface area contributed by atoms with E-state index in [4.69, 9.17) is 9.72 Å². The second kappa shape index (κ2) is 7.60. The molecule has 6 nitrogen and oxygen atoms in total. The molecule has 0 unspecified atom stereocenters. The van der Waals surface area contributed by atoms with Crippen LogP contribution in [0.2, 0.25) is 0 Å². The van der Waals surface area contributed by atoms with Crippen LogP contribution in [0.25, 0.3) is 0 Å². The highest BCUT2D eigenvalue weighted by Gasteiger charge is 2.28. The number of nitrogens with one attached hydrogen (secondary N) is 1. The smallest absolute Gasteiger partial charge is 0.263 e. The third kappa shape index (κ3) is 3.93. The molecule has 27 heavy (non-hydrogen) atoms. The van der Waals surface area contributed by atoms with Gasteiger partial charge in [-0.3, -0.25) is 4.79 Å². The lowest BCUT2D eigenvalue weighted by molar-refractivity contribution is -0.138. The Morgan fingerprint density at radius 2 is 2.33 bits per heavy atom. The number of aromatic nitrogens is 2. The van der Waals surface area contributed by atoms with Crippen molar-refractivity contribution in [1.82, 2.24) is 20.2 Å². The lowest BCUT2D eigenvalue weighted by Gasteiger charge is -2.30. The molecule has 1 saturated heterocycles. The van der Waals surface area contributed by atoms with Crippen molar-refractivity contribution in [1.29, 1.82) is 0 Å². The van der Waals surface area contributed by atoms with Crippen molar-refractivity contribution in [3.05, 3.63) is 53.4 Å². The van der Waals surface area contributed by atoms with Crippen LogP contribution in [-0.4, -0.2) is 46.5 Å². The maximum Gasteiger partial charge on any atom is 0.263 e. The van der Waals surface area contributed by atoms with Gasteiger partial charge in [0.05, 0.1) is 5.69 Å². The first-order chi connectivity index (χ1) is 13.1. The van der Waals surface area contributed by atoms with Crippen LogP contribution < -0.4 is 10.1 Å². The van der Waals surface area contributed by atoms with Crippen molar-refractivity contribution < 1.29 is 13.9 Å². The Morgan fingerprint density at radius 1 is 1.44 bits per heavy atom. The average Bonchev–Trinajstić information content (AvgIpc) is 3.21. The van der Waals surface area contributed by atoms with Gasteiger partial charge in [0.1, 0.15) is 17.4 Å². The molecule has 1 amide bonds. The summed E-state index contributed by atoms with van der Waals surface area (Å²) < 4.78 is 18.9. The summed E-state index contributed by atoms with van der Waals surface area (Å²) in [5.74, 6) is 1.14. The number of ether oxygens (including phenoxy) is 1. The summed E-state index contributed by atoms with van der Waals surface area (Å²) in [7, 11) is 0. The van der Waals surface area contributed by atoms with Crippen LogP contribution in [0.1, 0.15) is 36.3 Å². The Kier molecular flexibility index (Phi) is 5.03. The average molecular weight is 370 g/mol. The molecule has 0 radical (unpaired) electrons. The van der Waals surface area contributed by atoms with Gasteiger partial charge in [0.2, 0.25) is 0 Å². The number of benzene rings is 1. The molecule has 2 aliphatic heterocycles. The highest BCUT2D eigenvalue weighted by molar-refractivity contribution is 5.81. The zero-order valence-corrected chi connectivity index (χ0v) is 15.3. The number of hydrogen-bond donors (Lipinski definition) is 1. The van der Waals surface area contributed by atoms with Gasteiger partial charge < -0.3 is 15.0 Å². The maximum atomic E-state index is 13.3. The van der Waals surface area contributed by atoms with E-state index < -0.39 is 6.10 Å². The first-order valence-electron chi connectivity index (χ1n) is 9.36. The van der Waals surface area contributed by atoms with Gasteiger partial charge in [0.15, 0.2) is 6.10 Å². The van der Waals surface area contributed by atoms with Crippen molar-refractivity contribution in [2.45, 2.75) is 38.3 Å². The quantitative estimate of drug-likeness (QED) is 0.892. The van der Waals surface area contributed by atoms with E-state index in [1.54, 1.807) is 24.0 Å². The number of amides is 1. The van der Waals surface area contributed by atoms with Crippen LogP contribution in [0, 0.1) is 5.82 Å². The van der Waals surface area contributed by atoms with E-state index in [0.29, 0.717) is 31.2 Å². The fourth-order valence-electron chi connectivity index (χ4n) is 3.64. The number of fused-ring (bicyclic) bond motifs is 1. The van der Waals surface area contributed by atoms with E-state index in [1.165, 1.54) is 12.1 Å². The van der Waals surface area contributed by atoms with E-state index in [0.717, 1.165) is 36.6 Å². The summed E-state index contributed by atoms with van der Waals surface area (Å²) in [6, 6.07) is 5.83. The molecule has 1 N–H and O–H groups in total. The van der Waals surface area contributed by atoms with Gasteiger partial charge in [0, 0.05) is 49.8 Å². The molecule has 7 heteroatoms. The van der Waals surface area contributed by atoms with Crippen LogP contribution >= 0.6 is 0 Å². The Hall–Kier alpha value is -2.54. The van der Waals surface area contributed by atoms with Gasteiger partial charge in [-0.25, -0.2) is 14.4 Å². The fourth-order valence-corrected chi connectivity index (χ4v) is 3.64. The topological polar surface area (TPSA) is 67.3 Å². The summed E-state index contributed by atoms with van der Waals surface area (Å²) in [5.41, 5.74) is 2.02. The lowest BCUT2D eigenvalue weighted by atomic mass is 10.0. The molecule has 0 bridgehead atoms. The summed E-state index contributed by atoms with van der Waals surface area (Å²) in [5, 5.41) is 3.34. The summed E-state index contributed by atoms with van der Waals surface area (Å²) in [6.07, 6.45) is 2.95. The van der Waals surface area contributed by atoms with Crippen LogP contribution in [0.3, 0.4) is 0 Å². The summed E-state index contributed by atoms with van der Waals surface area (Å²) >= 11 is 0. The van der Waals surface area contributed by atoms with Crippen LogP contribution in [-0.2, 0) is 17.8 Å². The van der Waals surface area contributed by atoms with Crippen LogP contribution in [0.4, 0.5) is 4.39 Å². The van der Waals surface area contributed by atoms with E-state index in [2.05, 4.69) is 10.3 Å². The van der Waals surface area contributed by atoms with Crippen molar-refractivity contribution in [2.75, 3.05) is 19.6 Å². The van der Waals surface area contributed by atoms with Crippen LogP contribution in [0.5, 0.6) is 5.75 Å². The third-order valence-electron chi connectivity index (χ3n) is 5.15. The Bertz CT molecular complexity index is 838. The Labute approximate surface area is 157 Å². The molecular weight excluding hydrogens is 347 g/mol. The Balaban J connectivity index is 1.41. The predicted molar refractivity (Wildman–Crippen MR) is 97.9 cm³/mol. The first-order valence-corrected chi connectivity index (χ1v) is 9.36. The SMILES string of the molecule is C[C@@H](Oc1cccc(F)c1)C(=O)N1CCc2nc([C@@H]3CCNC3)ncc2C1. The predicted octanol–water partition coefficient (Wildman–Crippen LogP) is 2.04. The van der Waals surface area contributed by atoms with E-state index in [-0.39, 0.29) is 11.7 Å². The zero-order valence-electron chi connectivity index (χ0n) is 15.3. The minimum atomic E-state index is -0.682. The minimum Gasteiger partial charge on any atom is -0.481 e. The molecule has 0 aliphatic carbocycles. The largest absolute Gasteiger partial charge is 0.481 e. The number of nitrogens with zero attached hydrogens (tertiary/aromatic N) is 3. The second-order valence-electron chi connectivity index (χ2n) is 7.12. The van der Waals surface area contributed by atoms with E-state index >= 15 is 0 Å². The molecule has 3 heterocycles. The number of rotatable bonds is 4. The van der Waals surface area contributed by atoms with Crippen molar-refractivity contribution in [3.8, 4) is 5.75 Å². The third-order valence-corrected chi connectivity index (χ3v) is 5.15. The monoisotopic (exact) mass is 370 g/mol. The lowest BCUT2D eigenvalue weighted by Crippen LogP contribution is -2.43. The molecule has 0 saturated carbocycles. The summed E-state index contributed by atoms with van der Waals surface area (Å²) in [4.78, 5) is 23.8. The van der Waals surface area contributed by atoms with Crippen molar-refractivity contribution in [3.63, 3.8) is 0 Å². The van der Waals surface area contributed by atoms with Gasteiger partial charge in [-0.1, -0.05) is 6.07 Å². The van der Waals surface area contributed by atoms with Gasteiger partial charge >= 0.3 is 0 Å². The van der Waals surface area contributed by atoms with Crippen molar-refractivity contribution >= 4 is 5.91 Å². The maximum absolute atomic E-state index is 13.3. The first kappa shape index (κ1) is 17.9. The van der Waals surface area contributed by atoms with Crippen LogP contribution in [0.15, 0.2) is 30.5 Å². The number of halogens is 1. The molecule has 2 atom stereocenters. The van der Waals surface area contributed by atoms with E-state index in [1.807, 2.05) is 6.20 Å². The number of carbonyl (C=O) groups is 1. The molecule has 4 rings (SSSR count). The van der Waals surface area contributed by atoms with Gasteiger partial charge in [-0.2, -0.15) is 0 Å². The molecule has 1 aromatic carbocycles. The summed E-state index contributed by atoms with van der Waals surface area (Å²) in [6.45, 7) is 4.71. The second-order valence-corrected chi connectivity index (χ2v) is 7.12. The zero-order chi connectivity index (χ0) is 18.8. The van der Waals surface area contributed by atoms with Crippen molar-refractivity contribution in [2.24, 2.45) is 0 Å². The highest BCUT2D eigenvalue weighted by Crippen LogP contribution is 2.23. The van der Waals surface area contributed by atoms with Gasteiger partial charge in [0.25, 0.3) is 5.91 Å². The van der Waals surface area contributed by atoms with E-state index in [9.17, 15) is 9.18 Å². The highest BCUT2D eigenvalue weighted by atomic mass is 19.1. The number of carbonyl (C=O) groups excluding carboxylic acids is 1. The fraction of sp³-hybridized carbons (Fsp3) is 0.450. The minimum absolute atomic E-state index is 0.117. The standard InChI is InChI=1S/C20H23FN4O2/c1-13(27-17-4-2-3-16(21)9-17)20(26)25-8-6-18-15(12-25)11-23-19(24-18)14-5-7-22-10-14/h2-4,9,11,13-14,22H,5-8,10,12H2,1H3/t13-,14-/m1/s1. The molecule has 2 aromatic rings. The normalized spacial score (nSPS) is 20.2. The molecule has 142 valence electrons. The molecule has 1 aromatic heterocycles. The van der Waals surface area contributed by atoms with Gasteiger partial charge in [-0.05, 0) is 32.0 Å².